The number of anilines is 3. The molecule has 1 aliphatic carbocycles. The van der Waals surface area contributed by atoms with Crippen LogP contribution in [0.3, 0.4) is 0 Å². The predicted octanol–water partition coefficient (Wildman–Crippen LogP) is 6.17. The van der Waals surface area contributed by atoms with Crippen LogP contribution in [0.1, 0.15) is 116 Å². The second kappa shape index (κ2) is 15.4. The van der Waals surface area contributed by atoms with Gasteiger partial charge in [-0.2, -0.15) is 4.98 Å². The Hall–Kier alpha value is -4.97. The van der Waals surface area contributed by atoms with Crippen molar-refractivity contribution in [1.29, 1.82) is 0 Å². The number of benzene rings is 1. The molecule has 12 nitrogen and oxygen atoms in total. The number of nitrogens with zero attached hydrogens (tertiary/aromatic N) is 6. The molecule has 4 aliphatic rings. The van der Waals surface area contributed by atoms with E-state index < -0.39 is 0 Å². The summed E-state index contributed by atoms with van der Waals surface area (Å²) < 4.78 is 1.73. The largest absolute Gasteiger partial charge is 0.370 e. The highest BCUT2D eigenvalue weighted by molar-refractivity contribution is 6.01. The first-order valence-corrected chi connectivity index (χ1v) is 19.8. The minimum Gasteiger partial charge on any atom is -0.370 e. The molecule has 4 fully saturated rings. The van der Waals surface area contributed by atoms with Gasteiger partial charge < -0.3 is 15.1 Å². The first-order chi connectivity index (χ1) is 26.2. The van der Waals surface area contributed by atoms with Crippen molar-refractivity contribution < 1.29 is 14.4 Å². The highest BCUT2D eigenvalue weighted by Gasteiger charge is 2.30. The molecule has 6 heterocycles. The number of amides is 2. The van der Waals surface area contributed by atoms with E-state index in [0.717, 1.165) is 101 Å². The molecule has 1 atom stereocenters. The zero-order valence-corrected chi connectivity index (χ0v) is 31.4. The fourth-order valence-electron chi connectivity index (χ4n) is 9.27. The quantitative estimate of drug-likeness (QED) is 0.152. The number of piperidine rings is 3. The predicted molar refractivity (Wildman–Crippen MR) is 208 cm³/mol. The molecule has 54 heavy (non-hydrogen) atoms. The highest BCUT2D eigenvalue weighted by Crippen LogP contribution is 2.34. The summed E-state index contributed by atoms with van der Waals surface area (Å²) >= 11 is 0. The number of ketones is 1. The number of hydrogen-bond acceptors (Lipinski definition) is 10. The lowest BCUT2D eigenvalue weighted by molar-refractivity contribution is -0.134. The van der Waals surface area contributed by atoms with Crippen molar-refractivity contribution in [3.05, 3.63) is 81.4 Å². The van der Waals surface area contributed by atoms with E-state index in [1.165, 1.54) is 12.5 Å². The van der Waals surface area contributed by atoms with Crippen molar-refractivity contribution in [3.63, 3.8) is 0 Å². The number of aromatic nitrogens is 4. The third kappa shape index (κ3) is 7.40. The molecule has 8 rings (SSSR count). The highest BCUT2D eigenvalue weighted by atomic mass is 16.2. The normalized spacial score (nSPS) is 20.8. The zero-order chi connectivity index (χ0) is 37.3. The average molecular weight is 731 g/mol. The number of nitrogens with one attached hydrogen (secondary N) is 2. The number of likely N-dealkylation sites (tertiary alicyclic amines) is 1. The molecular weight excluding hydrogens is 681 g/mol. The summed E-state index contributed by atoms with van der Waals surface area (Å²) in [5.74, 6) is 1.42. The number of rotatable bonds is 9. The summed E-state index contributed by atoms with van der Waals surface area (Å²) in [5.41, 5.74) is 4.62. The second-order valence-corrected chi connectivity index (χ2v) is 15.8. The number of hydrogen-bond donors (Lipinski definition) is 2. The molecule has 3 aromatic heterocycles. The molecule has 3 aliphatic heterocycles. The van der Waals surface area contributed by atoms with Gasteiger partial charge in [-0.1, -0.05) is 37.1 Å². The molecule has 3 saturated heterocycles. The van der Waals surface area contributed by atoms with Gasteiger partial charge in [-0.25, -0.2) is 9.97 Å². The molecule has 1 unspecified atom stereocenters. The number of Topliss-reactive ketones (excluding diaryl/α,β-unsaturated/α-hetero) is 1. The van der Waals surface area contributed by atoms with Crippen LogP contribution in [0.5, 0.6) is 0 Å². The lowest BCUT2D eigenvalue weighted by Crippen LogP contribution is -2.41. The van der Waals surface area contributed by atoms with Gasteiger partial charge in [0.05, 0.1) is 23.4 Å². The maximum absolute atomic E-state index is 13.6. The Morgan fingerprint density at radius 2 is 1.57 bits per heavy atom. The molecule has 12 heteroatoms. The molecule has 0 spiro atoms. The van der Waals surface area contributed by atoms with Crippen molar-refractivity contribution in [2.24, 2.45) is 5.92 Å². The van der Waals surface area contributed by atoms with E-state index in [9.17, 15) is 19.2 Å². The summed E-state index contributed by atoms with van der Waals surface area (Å²) in [6.45, 7) is 8.62. The lowest BCUT2D eigenvalue weighted by Gasteiger charge is -2.38. The van der Waals surface area contributed by atoms with Crippen LogP contribution in [0, 0.1) is 12.8 Å². The zero-order valence-electron chi connectivity index (χ0n) is 31.4. The minimum atomic E-state index is -0.257. The molecule has 1 aromatic carbocycles. The van der Waals surface area contributed by atoms with E-state index in [1.807, 2.05) is 12.3 Å². The van der Waals surface area contributed by atoms with Crippen LogP contribution in [0.4, 0.5) is 17.5 Å². The fourth-order valence-corrected chi connectivity index (χ4v) is 9.27. The van der Waals surface area contributed by atoms with Crippen molar-refractivity contribution in [3.8, 4) is 0 Å². The molecule has 0 bridgehead atoms. The fraction of sp³-hybridized carbons (Fsp3) is 0.500. The summed E-state index contributed by atoms with van der Waals surface area (Å²) in [6.07, 6.45) is 13.1. The average Bonchev–Trinajstić information content (AvgIpc) is 3.71. The van der Waals surface area contributed by atoms with E-state index in [0.29, 0.717) is 47.7 Å². The van der Waals surface area contributed by atoms with Gasteiger partial charge in [-0.15, -0.1) is 0 Å². The van der Waals surface area contributed by atoms with Crippen LogP contribution >= 0.6 is 0 Å². The SMILES string of the molecule is CC(=O)c1c(C)c2cnc(Nc3ccc(N4CCC(CN5CCC(c6ccc(C7CCC(=O)NC7=O)cc6)CC5)CC4)cn3)nc2n(C2CCCC2)c1=O. The number of carbonyl (C=O) groups is 3. The van der Waals surface area contributed by atoms with Gasteiger partial charge in [0.25, 0.3) is 5.56 Å². The Morgan fingerprint density at radius 3 is 2.24 bits per heavy atom. The Labute approximate surface area is 315 Å². The molecule has 4 aromatic rings. The van der Waals surface area contributed by atoms with Crippen LogP contribution in [0.2, 0.25) is 0 Å². The lowest BCUT2D eigenvalue weighted by atomic mass is 9.85. The standard InChI is InChI=1S/C42H50N8O4/c1-26-35-24-44-42(47-39(35)50(32-5-3-4-6-32)41(54)38(26)27(2)51)45-36-13-11-33(23-43-36)49-21-15-28(16-22-49)25-48-19-17-30(18-20-48)29-7-9-31(10-8-29)34-12-14-37(52)46-40(34)53/h7-11,13,23-24,28,30,32,34H,3-6,12,14-22,25H2,1-2H3,(H,46,52,53)(H,43,44,45,47). The molecule has 282 valence electrons. The first-order valence-electron chi connectivity index (χ1n) is 19.8. The number of fused-ring (bicyclic) bond motifs is 1. The van der Waals surface area contributed by atoms with Crippen molar-refractivity contribution in [2.75, 3.05) is 42.9 Å². The van der Waals surface area contributed by atoms with Crippen LogP contribution in [-0.2, 0) is 9.59 Å². The van der Waals surface area contributed by atoms with E-state index in [1.54, 1.807) is 17.7 Å². The maximum atomic E-state index is 13.6. The van der Waals surface area contributed by atoms with Crippen LogP contribution in [0.15, 0.2) is 53.6 Å². The van der Waals surface area contributed by atoms with E-state index in [-0.39, 0.29) is 40.7 Å². The molecule has 1 saturated carbocycles. The summed E-state index contributed by atoms with van der Waals surface area (Å²) in [5, 5.41) is 6.44. The maximum Gasteiger partial charge on any atom is 0.263 e. The number of pyridine rings is 2. The molecule has 2 N–H and O–H groups in total. The van der Waals surface area contributed by atoms with Gasteiger partial charge in [0, 0.05) is 43.7 Å². The van der Waals surface area contributed by atoms with Gasteiger partial charge in [-0.3, -0.25) is 29.1 Å². The van der Waals surface area contributed by atoms with Crippen LogP contribution in [-0.4, -0.2) is 74.7 Å². The van der Waals surface area contributed by atoms with Gasteiger partial charge >= 0.3 is 0 Å². The Bertz CT molecular complexity index is 2090. The van der Waals surface area contributed by atoms with Crippen molar-refractivity contribution in [2.45, 2.75) is 95.9 Å². The van der Waals surface area contributed by atoms with Crippen LogP contribution in [0.25, 0.3) is 11.0 Å². The number of carbonyl (C=O) groups excluding carboxylic acids is 3. The van der Waals surface area contributed by atoms with Gasteiger partial charge in [0.2, 0.25) is 17.8 Å². The molecule has 0 radical (unpaired) electrons. The number of imide groups is 1. The summed E-state index contributed by atoms with van der Waals surface area (Å²) in [7, 11) is 0. The Kier molecular flexibility index (Phi) is 10.3. The molecule has 2 amide bonds. The van der Waals surface area contributed by atoms with Crippen molar-refractivity contribution >= 4 is 46.1 Å². The van der Waals surface area contributed by atoms with E-state index in [2.05, 4.69) is 55.7 Å². The summed E-state index contributed by atoms with van der Waals surface area (Å²) in [4.78, 5) is 68.9. The minimum absolute atomic E-state index is 0.0279. The van der Waals surface area contributed by atoms with Gasteiger partial charge in [0.1, 0.15) is 11.5 Å². The molecular formula is C42H50N8O4. The smallest absolute Gasteiger partial charge is 0.263 e. The Balaban J connectivity index is 0.831. The number of aryl methyl sites for hydroxylation is 1. The van der Waals surface area contributed by atoms with Gasteiger partial charge in [-0.05, 0) is 113 Å². The summed E-state index contributed by atoms with van der Waals surface area (Å²) in [6, 6.07) is 12.6. The Morgan fingerprint density at radius 1 is 0.852 bits per heavy atom. The third-order valence-electron chi connectivity index (χ3n) is 12.4. The first kappa shape index (κ1) is 36.0. The van der Waals surface area contributed by atoms with E-state index >= 15 is 0 Å². The topological polar surface area (TPSA) is 142 Å². The second-order valence-electron chi connectivity index (χ2n) is 15.8. The van der Waals surface area contributed by atoms with Crippen LogP contribution < -0.4 is 21.1 Å². The monoisotopic (exact) mass is 730 g/mol. The van der Waals surface area contributed by atoms with Crippen molar-refractivity contribution in [1.82, 2.24) is 29.7 Å². The third-order valence-corrected chi connectivity index (χ3v) is 12.4. The van der Waals surface area contributed by atoms with E-state index in [4.69, 9.17) is 9.97 Å². The van der Waals surface area contributed by atoms with Gasteiger partial charge in [0.15, 0.2) is 5.78 Å².